The number of aromatic nitrogens is 2. The third-order valence-electron chi connectivity index (χ3n) is 3.29. The van der Waals surface area contributed by atoms with Crippen molar-refractivity contribution in [1.29, 1.82) is 0 Å². The maximum absolute atomic E-state index is 14.3. The lowest BCUT2D eigenvalue weighted by atomic mass is 9.98. The van der Waals surface area contributed by atoms with Crippen molar-refractivity contribution in [2.24, 2.45) is 7.05 Å². The van der Waals surface area contributed by atoms with E-state index in [2.05, 4.69) is 10.4 Å². The molecule has 1 aromatic heterocycles. The van der Waals surface area contributed by atoms with E-state index in [0.29, 0.717) is 11.3 Å². The fraction of sp³-hybridized carbons (Fsp3) is 0.400. The topological polar surface area (TPSA) is 39.1 Å². The number of methoxy groups -OCH3 is 1. The largest absolute Gasteiger partial charge is 0.497 e. The van der Waals surface area contributed by atoms with Crippen LogP contribution in [0.3, 0.4) is 0 Å². The molecule has 0 bridgehead atoms. The first-order chi connectivity index (χ1) is 9.56. The van der Waals surface area contributed by atoms with Gasteiger partial charge < -0.3 is 10.1 Å². The van der Waals surface area contributed by atoms with Crippen LogP contribution in [-0.2, 0) is 7.05 Å². The number of benzene rings is 1. The van der Waals surface area contributed by atoms with Crippen LogP contribution in [0.4, 0.5) is 4.39 Å². The van der Waals surface area contributed by atoms with Crippen LogP contribution in [0.15, 0.2) is 24.4 Å². The number of aryl methyl sites for hydroxylation is 2. The number of ether oxygens (including phenoxy) is 1. The Morgan fingerprint density at radius 2 is 2.15 bits per heavy atom. The summed E-state index contributed by atoms with van der Waals surface area (Å²) in [5, 5.41) is 7.65. The molecule has 1 unspecified atom stereocenters. The van der Waals surface area contributed by atoms with Gasteiger partial charge in [-0.25, -0.2) is 4.39 Å². The Kier molecular flexibility index (Phi) is 4.39. The van der Waals surface area contributed by atoms with Gasteiger partial charge in [0.05, 0.1) is 18.8 Å². The van der Waals surface area contributed by atoms with Crippen LogP contribution < -0.4 is 10.1 Å². The van der Waals surface area contributed by atoms with Crippen LogP contribution in [0.1, 0.15) is 29.8 Å². The predicted molar refractivity (Wildman–Crippen MR) is 76.4 cm³/mol. The van der Waals surface area contributed by atoms with Crippen molar-refractivity contribution in [3.63, 3.8) is 0 Å². The zero-order valence-corrected chi connectivity index (χ0v) is 12.3. The van der Waals surface area contributed by atoms with Gasteiger partial charge in [0.25, 0.3) is 0 Å². The van der Waals surface area contributed by atoms with Crippen LogP contribution in [0, 0.1) is 12.7 Å². The molecule has 0 aliphatic rings. The standard InChI is InChI=1S/C15H20FN3O/c1-5-17-15(13-9-19(3)18-10(13)2)12-7-6-11(20-4)8-14(12)16/h6-9,15,17H,5H2,1-4H3. The van der Waals surface area contributed by atoms with Gasteiger partial charge in [-0.15, -0.1) is 0 Å². The molecular weight excluding hydrogens is 257 g/mol. The van der Waals surface area contributed by atoms with Gasteiger partial charge in [0.15, 0.2) is 0 Å². The monoisotopic (exact) mass is 277 g/mol. The molecule has 0 spiro atoms. The minimum Gasteiger partial charge on any atom is -0.497 e. The van der Waals surface area contributed by atoms with Crippen LogP contribution in [0.2, 0.25) is 0 Å². The molecule has 0 fully saturated rings. The summed E-state index contributed by atoms with van der Waals surface area (Å²) in [6.07, 6.45) is 1.92. The molecule has 0 saturated heterocycles. The summed E-state index contributed by atoms with van der Waals surface area (Å²) in [6, 6.07) is 4.73. The average molecular weight is 277 g/mol. The number of hydrogen-bond donors (Lipinski definition) is 1. The van der Waals surface area contributed by atoms with Gasteiger partial charge in [0.2, 0.25) is 0 Å². The first-order valence-electron chi connectivity index (χ1n) is 6.63. The van der Waals surface area contributed by atoms with E-state index in [9.17, 15) is 4.39 Å². The Bertz CT molecular complexity index is 595. The van der Waals surface area contributed by atoms with Gasteiger partial charge in [0, 0.05) is 30.4 Å². The Hall–Kier alpha value is -1.88. The summed E-state index contributed by atoms with van der Waals surface area (Å²) in [5.74, 6) is 0.239. The second-order valence-corrected chi connectivity index (χ2v) is 4.72. The second kappa shape index (κ2) is 6.05. The molecule has 2 aromatic rings. The maximum atomic E-state index is 14.3. The fourth-order valence-electron chi connectivity index (χ4n) is 2.36. The molecule has 0 saturated carbocycles. The zero-order chi connectivity index (χ0) is 14.7. The molecule has 0 aliphatic carbocycles. The van der Waals surface area contributed by atoms with Crippen LogP contribution in [0.25, 0.3) is 0 Å². The van der Waals surface area contributed by atoms with Gasteiger partial charge in [-0.1, -0.05) is 13.0 Å². The molecule has 1 aromatic carbocycles. The molecule has 108 valence electrons. The quantitative estimate of drug-likeness (QED) is 0.913. The lowest BCUT2D eigenvalue weighted by Gasteiger charge is -2.19. The molecule has 1 atom stereocenters. The van der Waals surface area contributed by atoms with E-state index in [1.165, 1.54) is 13.2 Å². The summed E-state index contributed by atoms with van der Waals surface area (Å²) in [5.41, 5.74) is 2.48. The van der Waals surface area contributed by atoms with Crippen molar-refractivity contribution >= 4 is 0 Å². The lowest BCUT2D eigenvalue weighted by molar-refractivity contribution is 0.410. The van der Waals surface area contributed by atoms with Crippen LogP contribution in [-0.4, -0.2) is 23.4 Å². The molecule has 5 heteroatoms. The number of rotatable bonds is 5. The number of hydrogen-bond acceptors (Lipinski definition) is 3. The van der Waals surface area contributed by atoms with Crippen LogP contribution in [0.5, 0.6) is 5.75 Å². The zero-order valence-electron chi connectivity index (χ0n) is 12.3. The van der Waals surface area contributed by atoms with Crippen molar-refractivity contribution in [3.05, 3.63) is 47.0 Å². The van der Waals surface area contributed by atoms with E-state index in [4.69, 9.17) is 4.74 Å². The van der Waals surface area contributed by atoms with Crippen molar-refractivity contribution in [3.8, 4) is 5.75 Å². The van der Waals surface area contributed by atoms with Gasteiger partial charge in [-0.2, -0.15) is 5.10 Å². The highest BCUT2D eigenvalue weighted by Crippen LogP contribution is 2.28. The molecule has 1 heterocycles. The van der Waals surface area contributed by atoms with E-state index in [1.54, 1.807) is 16.8 Å². The summed E-state index contributed by atoms with van der Waals surface area (Å²) in [7, 11) is 3.39. The third kappa shape index (κ3) is 2.82. The molecule has 0 aliphatic heterocycles. The van der Waals surface area contributed by atoms with E-state index < -0.39 is 0 Å². The molecule has 2 rings (SSSR count). The smallest absolute Gasteiger partial charge is 0.132 e. The van der Waals surface area contributed by atoms with Crippen molar-refractivity contribution in [2.75, 3.05) is 13.7 Å². The number of nitrogens with zero attached hydrogens (tertiary/aromatic N) is 2. The Morgan fingerprint density at radius 3 is 2.65 bits per heavy atom. The summed E-state index contributed by atoms with van der Waals surface area (Å²) < 4.78 is 21.1. The van der Waals surface area contributed by atoms with Gasteiger partial charge >= 0.3 is 0 Å². The predicted octanol–water partition coefficient (Wildman–Crippen LogP) is 2.58. The average Bonchev–Trinajstić information content (AvgIpc) is 2.75. The SMILES string of the molecule is CCNC(c1ccc(OC)cc1F)c1cn(C)nc1C. The first kappa shape index (κ1) is 14.5. The van der Waals surface area contributed by atoms with E-state index in [-0.39, 0.29) is 11.9 Å². The molecule has 20 heavy (non-hydrogen) atoms. The van der Waals surface area contributed by atoms with Crippen molar-refractivity contribution in [1.82, 2.24) is 15.1 Å². The van der Waals surface area contributed by atoms with E-state index in [0.717, 1.165) is 17.8 Å². The molecule has 0 radical (unpaired) electrons. The Balaban J connectivity index is 2.45. The van der Waals surface area contributed by atoms with E-state index in [1.807, 2.05) is 27.1 Å². The minimum atomic E-state index is -0.279. The van der Waals surface area contributed by atoms with Gasteiger partial charge in [0.1, 0.15) is 11.6 Å². The minimum absolute atomic E-state index is 0.209. The van der Waals surface area contributed by atoms with E-state index >= 15 is 0 Å². The first-order valence-corrected chi connectivity index (χ1v) is 6.63. The highest BCUT2D eigenvalue weighted by atomic mass is 19.1. The molecule has 1 N–H and O–H groups in total. The van der Waals surface area contributed by atoms with Crippen molar-refractivity contribution < 1.29 is 9.13 Å². The highest BCUT2D eigenvalue weighted by Gasteiger charge is 2.21. The van der Waals surface area contributed by atoms with Crippen LogP contribution >= 0.6 is 0 Å². The lowest BCUT2D eigenvalue weighted by Crippen LogP contribution is -2.23. The Labute approximate surface area is 118 Å². The molecule has 4 nitrogen and oxygen atoms in total. The highest BCUT2D eigenvalue weighted by molar-refractivity contribution is 5.37. The summed E-state index contributed by atoms with van der Waals surface area (Å²) >= 11 is 0. The van der Waals surface area contributed by atoms with Gasteiger partial charge in [-0.05, 0) is 19.5 Å². The maximum Gasteiger partial charge on any atom is 0.132 e. The number of halogens is 1. The van der Waals surface area contributed by atoms with Gasteiger partial charge in [-0.3, -0.25) is 4.68 Å². The summed E-state index contributed by atoms with van der Waals surface area (Å²) in [6.45, 7) is 4.67. The number of nitrogens with one attached hydrogen (secondary N) is 1. The van der Waals surface area contributed by atoms with Crippen molar-refractivity contribution in [2.45, 2.75) is 19.9 Å². The fourth-order valence-corrected chi connectivity index (χ4v) is 2.36. The third-order valence-corrected chi connectivity index (χ3v) is 3.29. The normalized spacial score (nSPS) is 12.4. The second-order valence-electron chi connectivity index (χ2n) is 4.72. The molecular formula is C15H20FN3O. The summed E-state index contributed by atoms with van der Waals surface area (Å²) in [4.78, 5) is 0. The Morgan fingerprint density at radius 1 is 1.40 bits per heavy atom. The molecule has 0 amide bonds.